The molecule has 4 heteroatoms. The first-order chi connectivity index (χ1) is 10.1. The first-order valence-electron chi connectivity index (χ1n) is 8.21. The van der Waals surface area contributed by atoms with Gasteiger partial charge in [0.25, 0.3) is 0 Å². The van der Waals surface area contributed by atoms with E-state index in [0.717, 1.165) is 42.6 Å². The summed E-state index contributed by atoms with van der Waals surface area (Å²) in [6.45, 7) is 11.7. The van der Waals surface area contributed by atoms with E-state index < -0.39 is 0 Å². The topological polar surface area (TPSA) is 28.2 Å². The minimum Gasteiger partial charge on any atom is -0.370 e. The summed E-state index contributed by atoms with van der Waals surface area (Å²) < 4.78 is 0. The van der Waals surface area contributed by atoms with Crippen molar-refractivity contribution in [2.45, 2.75) is 66.0 Å². The number of nitrogens with zero attached hydrogens (tertiary/aromatic N) is 2. The quantitative estimate of drug-likeness (QED) is 0.619. The number of aromatic nitrogens is 1. The van der Waals surface area contributed by atoms with E-state index in [4.69, 9.17) is 11.6 Å². The number of pyridine rings is 1. The second-order valence-corrected chi connectivity index (χ2v) is 6.23. The van der Waals surface area contributed by atoms with Crippen molar-refractivity contribution in [1.82, 2.24) is 9.88 Å². The Morgan fingerprint density at radius 3 is 2.57 bits per heavy atom. The lowest BCUT2D eigenvalue weighted by atomic mass is 10.2. The molecule has 1 aromatic heterocycles. The molecule has 1 aromatic rings. The molecule has 0 atom stereocenters. The highest BCUT2D eigenvalue weighted by Crippen LogP contribution is 2.20. The predicted molar refractivity (Wildman–Crippen MR) is 93.1 cm³/mol. The summed E-state index contributed by atoms with van der Waals surface area (Å²) in [6.07, 6.45) is 4.86. The number of anilines is 1. The van der Waals surface area contributed by atoms with Crippen LogP contribution in [-0.2, 0) is 6.54 Å². The Kier molecular flexibility index (Phi) is 8.70. The van der Waals surface area contributed by atoms with Crippen molar-refractivity contribution in [2.24, 2.45) is 0 Å². The van der Waals surface area contributed by atoms with Gasteiger partial charge in [-0.05, 0) is 45.4 Å². The number of rotatable bonds is 10. The Labute approximate surface area is 135 Å². The van der Waals surface area contributed by atoms with Crippen LogP contribution < -0.4 is 5.32 Å². The van der Waals surface area contributed by atoms with Gasteiger partial charge in [0.15, 0.2) is 0 Å². The fraction of sp³-hybridized carbons (Fsp3) is 0.706. The van der Waals surface area contributed by atoms with Gasteiger partial charge in [-0.25, -0.2) is 4.98 Å². The Morgan fingerprint density at radius 2 is 1.95 bits per heavy atom. The fourth-order valence-electron chi connectivity index (χ4n) is 2.22. The molecule has 0 fully saturated rings. The van der Waals surface area contributed by atoms with Crippen molar-refractivity contribution in [3.63, 3.8) is 0 Å². The summed E-state index contributed by atoms with van der Waals surface area (Å²) in [5.41, 5.74) is 0.975. The Morgan fingerprint density at radius 1 is 1.19 bits per heavy atom. The van der Waals surface area contributed by atoms with Crippen molar-refractivity contribution < 1.29 is 0 Å². The third-order valence-corrected chi connectivity index (χ3v) is 3.95. The van der Waals surface area contributed by atoms with E-state index in [-0.39, 0.29) is 0 Å². The summed E-state index contributed by atoms with van der Waals surface area (Å²) in [5.74, 6) is 0.925. The molecule has 0 spiro atoms. The zero-order valence-corrected chi connectivity index (χ0v) is 14.7. The van der Waals surface area contributed by atoms with Crippen molar-refractivity contribution >= 4 is 17.4 Å². The number of halogens is 1. The maximum absolute atomic E-state index is 6.32. The molecule has 0 unspecified atom stereocenters. The molecule has 0 saturated heterocycles. The van der Waals surface area contributed by atoms with Gasteiger partial charge in [0.2, 0.25) is 0 Å². The summed E-state index contributed by atoms with van der Waals surface area (Å²) in [6, 6.07) is 4.41. The van der Waals surface area contributed by atoms with Crippen molar-refractivity contribution in [2.75, 3.05) is 18.4 Å². The third-order valence-electron chi connectivity index (χ3n) is 3.61. The Balaban J connectivity index is 2.72. The van der Waals surface area contributed by atoms with E-state index in [1.54, 1.807) is 0 Å². The molecule has 1 N–H and O–H groups in total. The third kappa shape index (κ3) is 6.66. The first kappa shape index (κ1) is 18.2. The molecule has 120 valence electrons. The van der Waals surface area contributed by atoms with Gasteiger partial charge >= 0.3 is 0 Å². The molecule has 0 amide bonds. The summed E-state index contributed by atoms with van der Waals surface area (Å²) in [4.78, 5) is 7.13. The molecule has 1 rings (SSSR count). The van der Waals surface area contributed by atoms with E-state index in [0.29, 0.717) is 6.04 Å². The van der Waals surface area contributed by atoms with Gasteiger partial charge in [0.05, 0.1) is 10.7 Å². The monoisotopic (exact) mass is 311 g/mol. The first-order valence-corrected chi connectivity index (χ1v) is 8.59. The van der Waals surface area contributed by atoms with E-state index in [9.17, 15) is 0 Å². The molecule has 0 radical (unpaired) electrons. The molecule has 0 aromatic carbocycles. The number of hydrogen-bond donors (Lipinski definition) is 1. The van der Waals surface area contributed by atoms with Gasteiger partial charge in [-0.3, -0.25) is 4.90 Å². The maximum Gasteiger partial charge on any atom is 0.126 e. The lowest BCUT2D eigenvalue weighted by Gasteiger charge is -2.26. The lowest BCUT2D eigenvalue weighted by molar-refractivity contribution is 0.206. The SMILES string of the molecule is CCCCCN(Cc1nc(NCCC)ccc1Cl)C(C)C. The lowest BCUT2D eigenvalue weighted by Crippen LogP contribution is -2.31. The molecule has 0 aliphatic carbocycles. The van der Waals surface area contributed by atoms with Gasteiger partial charge in [-0.15, -0.1) is 0 Å². The van der Waals surface area contributed by atoms with Gasteiger partial charge < -0.3 is 5.32 Å². The van der Waals surface area contributed by atoms with Crippen LogP contribution in [0.1, 0.15) is 59.1 Å². The number of unbranched alkanes of at least 4 members (excludes halogenated alkanes) is 2. The minimum absolute atomic E-state index is 0.506. The Hall–Kier alpha value is -0.800. The van der Waals surface area contributed by atoms with Crippen LogP contribution in [0.2, 0.25) is 5.02 Å². The smallest absolute Gasteiger partial charge is 0.126 e. The molecule has 3 nitrogen and oxygen atoms in total. The van der Waals surface area contributed by atoms with E-state index in [1.807, 2.05) is 12.1 Å². The minimum atomic E-state index is 0.506. The van der Waals surface area contributed by atoms with Crippen LogP contribution >= 0.6 is 11.6 Å². The predicted octanol–water partition coefficient (Wildman–Crippen LogP) is 4.96. The number of nitrogens with one attached hydrogen (secondary N) is 1. The molecular weight excluding hydrogens is 282 g/mol. The summed E-state index contributed by atoms with van der Waals surface area (Å²) in [5, 5.41) is 4.09. The fourth-order valence-corrected chi connectivity index (χ4v) is 2.39. The summed E-state index contributed by atoms with van der Waals surface area (Å²) >= 11 is 6.32. The second kappa shape index (κ2) is 10.0. The maximum atomic E-state index is 6.32. The normalized spacial score (nSPS) is 11.4. The zero-order valence-electron chi connectivity index (χ0n) is 14.0. The van der Waals surface area contributed by atoms with Crippen LogP contribution in [0.15, 0.2) is 12.1 Å². The Bertz CT molecular complexity index is 407. The van der Waals surface area contributed by atoms with Crippen LogP contribution in [0.25, 0.3) is 0 Å². The molecule has 0 saturated carbocycles. The van der Waals surface area contributed by atoms with E-state index in [1.165, 1.54) is 19.3 Å². The van der Waals surface area contributed by atoms with Crippen LogP contribution in [0.3, 0.4) is 0 Å². The van der Waals surface area contributed by atoms with Gasteiger partial charge in [0, 0.05) is 19.1 Å². The molecule has 0 bridgehead atoms. The standard InChI is InChI=1S/C17H30ClN3/c1-5-7-8-12-21(14(3)4)13-16-15(18)9-10-17(20-16)19-11-6-2/h9-10,14H,5-8,11-13H2,1-4H3,(H,19,20). The van der Waals surface area contributed by atoms with Crippen molar-refractivity contribution in [3.8, 4) is 0 Å². The van der Waals surface area contributed by atoms with E-state index >= 15 is 0 Å². The van der Waals surface area contributed by atoms with E-state index in [2.05, 4.69) is 42.9 Å². The largest absolute Gasteiger partial charge is 0.370 e. The van der Waals surface area contributed by atoms with Gasteiger partial charge in [0.1, 0.15) is 5.82 Å². The average Bonchev–Trinajstić information content (AvgIpc) is 2.46. The van der Waals surface area contributed by atoms with Crippen LogP contribution in [0, 0.1) is 0 Å². The van der Waals surface area contributed by atoms with Crippen LogP contribution in [-0.4, -0.2) is 29.0 Å². The van der Waals surface area contributed by atoms with Gasteiger partial charge in [-0.1, -0.05) is 38.3 Å². The average molecular weight is 312 g/mol. The molecule has 0 aliphatic rings. The molecular formula is C17H30ClN3. The summed E-state index contributed by atoms with van der Waals surface area (Å²) in [7, 11) is 0. The molecule has 0 aliphatic heterocycles. The van der Waals surface area contributed by atoms with Crippen LogP contribution in [0.5, 0.6) is 0 Å². The molecule has 1 heterocycles. The second-order valence-electron chi connectivity index (χ2n) is 5.82. The highest BCUT2D eigenvalue weighted by Gasteiger charge is 2.13. The highest BCUT2D eigenvalue weighted by molar-refractivity contribution is 6.31. The van der Waals surface area contributed by atoms with Crippen molar-refractivity contribution in [1.29, 1.82) is 0 Å². The van der Waals surface area contributed by atoms with Gasteiger partial charge in [-0.2, -0.15) is 0 Å². The van der Waals surface area contributed by atoms with Crippen molar-refractivity contribution in [3.05, 3.63) is 22.8 Å². The number of hydrogen-bond acceptors (Lipinski definition) is 3. The highest BCUT2D eigenvalue weighted by atomic mass is 35.5. The molecule has 21 heavy (non-hydrogen) atoms. The van der Waals surface area contributed by atoms with Crippen LogP contribution in [0.4, 0.5) is 5.82 Å². The zero-order chi connectivity index (χ0) is 15.7.